The average Bonchev–Trinajstić information content (AvgIpc) is 3.38. The number of hydrogen-bond donors (Lipinski definition) is 1. The van der Waals surface area contributed by atoms with E-state index in [1.807, 2.05) is 36.4 Å². The molecular weight excluding hydrogens is 356 g/mol. The first-order chi connectivity index (χ1) is 12.8. The number of methoxy groups -OCH3 is 1. The normalized spacial score (nSPS) is 12.5. The molecule has 2 aromatic carbocycles. The highest BCUT2D eigenvalue weighted by Crippen LogP contribution is 2.39. The first kappa shape index (κ1) is 15.0. The Kier molecular flexibility index (Phi) is 3.39. The molecule has 0 amide bonds. The highest BCUT2D eigenvalue weighted by Gasteiger charge is 2.17. The van der Waals surface area contributed by atoms with E-state index in [-0.39, 0.29) is 12.8 Å². The Morgan fingerprint density at radius 1 is 1.12 bits per heavy atom. The topological polar surface area (TPSA) is 91.5 Å². The first-order valence-corrected chi connectivity index (χ1v) is 8.55. The van der Waals surface area contributed by atoms with E-state index in [2.05, 4.69) is 20.5 Å². The van der Waals surface area contributed by atoms with Gasteiger partial charge < -0.3 is 18.6 Å². The van der Waals surface area contributed by atoms with Crippen molar-refractivity contribution in [3.8, 4) is 28.7 Å². The molecule has 5 rings (SSSR count). The molecule has 2 aromatic heterocycles. The molecule has 0 saturated heterocycles. The molecule has 4 aromatic rings. The van der Waals surface area contributed by atoms with Gasteiger partial charge >= 0.3 is 6.01 Å². The number of nitrogens with one attached hydrogen (secondary N) is 1. The average molecular weight is 368 g/mol. The van der Waals surface area contributed by atoms with Gasteiger partial charge in [-0.25, -0.2) is 4.98 Å². The van der Waals surface area contributed by atoms with Gasteiger partial charge in [0.25, 0.3) is 0 Å². The molecule has 0 fully saturated rings. The third-order valence-corrected chi connectivity index (χ3v) is 4.77. The van der Waals surface area contributed by atoms with Gasteiger partial charge in [0.05, 0.1) is 17.3 Å². The Morgan fingerprint density at radius 2 is 2.00 bits per heavy atom. The van der Waals surface area contributed by atoms with E-state index >= 15 is 0 Å². The quantitative estimate of drug-likeness (QED) is 0.581. The molecule has 0 bridgehead atoms. The van der Waals surface area contributed by atoms with Crippen molar-refractivity contribution in [2.75, 3.05) is 19.2 Å². The lowest BCUT2D eigenvalue weighted by atomic mass is 10.2. The number of ether oxygens (including phenoxy) is 3. The van der Waals surface area contributed by atoms with Crippen molar-refractivity contribution >= 4 is 32.7 Å². The van der Waals surface area contributed by atoms with E-state index in [4.69, 9.17) is 18.6 Å². The van der Waals surface area contributed by atoms with Crippen LogP contribution in [-0.4, -0.2) is 29.1 Å². The Morgan fingerprint density at radius 3 is 2.88 bits per heavy atom. The molecule has 0 unspecified atom stereocenters. The molecule has 0 saturated carbocycles. The molecule has 1 aliphatic rings. The van der Waals surface area contributed by atoms with Crippen LogP contribution in [0, 0.1) is 0 Å². The summed E-state index contributed by atoms with van der Waals surface area (Å²) in [5.41, 5.74) is 1.59. The van der Waals surface area contributed by atoms with Crippen LogP contribution in [0.15, 0.2) is 40.8 Å². The van der Waals surface area contributed by atoms with Crippen molar-refractivity contribution in [2.45, 2.75) is 0 Å². The number of aromatic nitrogens is 3. The molecule has 1 aliphatic heterocycles. The molecule has 3 heterocycles. The van der Waals surface area contributed by atoms with Crippen LogP contribution in [-0.2, 0) is 0 Å². The predicted molar refractivity (Wildman–Crippen MR) is 95.3 cm³/mol. The Bertz CT molecular complexity index is 1070. The van der Waals surface area contributed by atoms with Crippen LogP contribution in [0.4, 0.5) is 11.1 Å². The SMILES string of the molecule is COc1cccc(-c2nnc(Nc3nc4cc5c(cc4s3)OCO5)o2)c1. The van der Waals surface area contributed by atoms with Gasteiger partial charge in [-0.05, 0) is 18.2 Å². The Hall–Kier alpha value is -3.33. The summed E-state index contributed by atoms with van der Waals surface area (Å²) in [6.45, 7) is 0.243. The van der Waals surface area contributed by atoms with E-state index in [9.17, 15) is 0 Å². The molecule has 0 radical (unpaired) electrons. The lowest BCUT2D eigenvalue weighted by Crippen LogP contribution is -1.92. The molecule has 0 aliphatic carbocycles. The number of fused-ring (bicyclic) bond motifs is 2. The Balaban J connectivity index is 1.41. The fourth-order valence-corrected chi connectivity index (χ4v) is 3.48. The van der Waals surface area contributed by atoms with Crippen LogP contribution in [0.2, 0.25) is 0 Å². The largest absolute Gasteiger partial charge is 0.497 e. The summed E-state index contributed by atoms with van der Waals surface area (Å²) in [5.74, 6) is 2.55. The first-order valence-electron chi connectivity index (χ1n) is 7.73. The molecular formula is C17H12N4O4S. The van der Waals surface area contributed by atoms with Gasteiger partial charge in [0, 0.05) is 17.7 Å². The number of nitrogens with zero attached hydrogens (tertiary/aromatic N) is 3. The summed E-state index contributed by atoms with van der Waals surface area (Å²) >= 11 is 1.46. The van der Waals surface area contributed by atoms with Crippen LogP contribution in [0.5, 0.6) is 17.2 Å². The van der Waals surface area contributed by atoms with E-state index in [0.29, 0.717) is 16.8 Å². The van der Waals surface area contributed by atoms with Gasteiger partial charge in [0.1, 0.15) is 5.75 Å². The van der Waals surface area contributed by atoms with Crippen LogP contribution in [0.25, 0.3) is 21.7 Å². The smallest absolute Gasteiger partial charge is 0.322 e. The molecule has 26 heavy (non-hydrogen) atoms. The third-order valence-electron chi connectivity index (χ3n) is 3.84. The van der Waals surface area contributed by atoms with Crippen molar-refractivity contribution in [2.24, 2.45) is 0 Å². The standard InChI is InChI=1S/C17H12N4O4S/c1-22-10-4-2-3-9(5-10)15-20-21-16(25-15)19-17-18-11-6-12-13(24-8-23-12)7-14(11)26-17/h2-7H,8H2,1H3,(H,18,19,21). The van der Waals surface area contributed by atoms with E-state index in [1.165, 1.54) is 11.3 Å². The predicted octanol–water partition coefficient (Wildman–Crippen LogP) is 3.83. The van der Waals surface area contributed by atoms with Crippen LogP contribution >= 0.6 is 11.3 Å². The molecule has 8 nitrogen and oxygen atoms in total. The maximum atomic E-state index is 5.68. The minimum Gasteiger partial charge on any atom is -0.497 e. The lowest BCUT2D eigenvalue weighted by Gasteiger charge is -2.00. The summed E-state index contributed by atoms with van der Waals surface area (Å²) in [6.07, 6.45) is 0. The van der Waals surface area contributed by atoms with Crippen molar-refractivity contribution in [3.05, 3.63) is 36.4 Å². The summed E-state index contributed by atoms with van der Waals surface area (Å²) in [6, 6.07) is 11.5. The third kappa shape index (κ3) is 2.58. The Labute approximate surface area is 151 Å². The monoisotopic (exact) mass is 368 g/mol. The molecule has 1 N–H and O–H groups in total. The maximum absolute atomic E-state index is 5.68. The minimum absolute atomic E-state index is 0.243. The van der Waals surface area contributed by atoms with Gasteiger partial charge in [0.15, 0.2) is 16.6 Å². The minimum atomic E-state index is 0.243. The summed E-state index contributed by atoms with van der Waals surface area (Å²) in [4.78, 5) is 4.52. The summed E-state index contributed by atoms with van der Waals surface area (Å²) < 4.78 is 22.6. The molecule has 0 atom stereocenters. The van der Waals surface area contributed by atoms with E-state index in [1.54, 1.807) is 7.11 Å². The number of benzene rings is 2. The van der Waals surface area contributed by atoms with Gasteiger partial charge in [-0.2, -0.15) is 0 Å². The summed E-state index contributed by atoms with van der Waals surface area (Å²) in [5, 5.41) is 11.8. The number of anilines is 2. The van der Waals surface area contributed by atoms with E-state index in [0.717, 1.165) is 27.3 Å². The second-order valence-corrected chi connectivity index (χ2v) is 6.49. The fourth-order valence-electron chi connectivity index (χ4n) is 2.61. The zero-order valence-electron chi connectivity index (χ0n) is 13.6. The molecule has 9 heteroatoms. The van der Waals surface area contributed by atoms with Crippen molar-refractivity contribution in [3.63, 3.8) is 0 Å². The van der Waals surface area contributed by atoms with Gasteiger partial charge in [-0.3, -0.25) is 5.32 Å². The van der Waals surface area contributed by atoms with Crippen molar-refractivity contribution in [1.29, 1.82) is 0 Å². The van der Waals surface area contributed by atoms with Crippen molar-refractivity contribution < 1.29 is 18.6 Å². The maximum Gasteiger partial charge on any atom is 0.322 e. The highest BCUT2D eigenvalue weighted by molar-refractivity contribution is 7.22. The second kappa shape index (κ2) is 5.88. The van der Waals surface area contributed by atoms with Crippen LogP contribution in [0.3, 0.4) is 0 Å². The zero-order chi connectivity index (χ0) is 17.5. The fraction of sp³-hybridized carbons (Fsp3) is 0.118. The van der Waals surface area contributed by atoms with Crippen LogP contribution in [0.1, 0.15) is 0 Å². The van der Waals surface area contributed by atoms with Crippen LogP contribution < -0.4 is 19.5 Å². The van der Waals surface area contributed by atoms with Crippen molar-refractivity contribution in [1.82, 2.24) is 15.2 Å². The van der Waals surface area contributed by atoms with Gasteiger partial charge in [-0.15, -0.1) is 5.10 Å². The zero-order valence-corrected chi connectivity index (χ0v) is 14.4. The molecule has 130 valence electrons. The second-order valence-electron chi connectivity index (χ2n) is 5.46. The lowest BCUT2D eigenvalue weighted by molar-refractivity contribution is 0.174. The van der Waals surface area contributed by atoms with Gasteiger partial charge in [-0.1, -0.05) is 22.5 Å². The number of hydrogen-bond acceptors (Lipinski definition) is 9. The van der Waals surface area contributed by atoms with E-state index < -0.39 is 0 Å². The number of rotatable bonds is 4. The summed E-state index contributed by atoms with van der Waals surface area (Å²) in [7, 11) is 1.61. The highest BCUT2D eigenvalue weighted by atomic mass is 32.1. The van der Waals surface area contributed by atoms with Gasteiger partial charge in [0.2, 0.25) is 12.7 Å². The molecule has 0 spiro atoms. The number of thiazole rings is 1.